The first-order valence-electron chi connectivity index (χ1n) is 11.3. The van der Waals surface area contributed by atoms with Gasteiger partial charge in [0.1, 0.15) is 5.69 Å². The topological polar surface area (TPSA) is 81.7 Å². The van der Waals surface area contributed by atoms with E-state index in [1.165, 1.54) is 37.6 Å². The van der Waals surface area contributed by atoms with E-state index in [0.29, 0.717) is 6.42 Å². The maximum absolute atomic E-state index is 13.6. The van der Waals surface area contributed by atoms with Crippen LogP contribution < -0.4 is 4.74 Å². The number of hydrogen-bond acceptors (Lipinski definition) is 6. The maximum atomic E-state index is 13.6. The third kappa shape index (κ3) is 4.97. The smallest absolute Gasteiger partial charge is 0.268 e. The Hall–Kier alpha value is -3.33. The van der Waals surface area contributed by atoms with Crippen LogP contribution in [0.5, 0.6) is 5.75 Å². The number of aromatic nitrogens is 1. The highest BCUT2D eigenvalue weighted by Gasteiger charge is 2.31. The first kappa shape index (κ1) is 25.8. The molecule has 36 heavy (non-hydrogen) atoms. The molecule has 0 fully saturated rings. The molecule has 0 bridgehead atoms. The summed E-state index contributed by atoms with van der Waals surface area (Å²) in [5.41, 5.74) is 2.04. The largest absolute Gasteiger partial charge is 0.493 e. The Bertz CT molecular complexity index is 1470. The van der Waals surface area contributed by atoms with Gasteiger partial charge in [-0.1, -0.05) is 59.6 Å². The lowest BCUT2D eigenvalue weighted by atomic mass is 10.00. The van der Waals surface area contributed by atoms with Crippen molar-refractivity contribution in [3.05, 3.63) is 94.8 Å². The van der Waals surface area contributed by atoms with Gasteiger partial charge in [-0.3, -0.25) is 9.69 Å². The van der Waals surface area contributed by atoms with E-state index in [-0.39, 0.29) is 38.7 Å². The second-order valence-electron chi connectivity index (χ2n) is 8.67. The number of nitrogens with zero attached hydrogens (tertiary/aromatic N) is 2. The van der Waals surface area contributed by atoms with Gasteiger partial charge in [0.15, 0.2) is 11.5 Å². The van der Waals surface area contributed by atoms with E-state index in [1.807, 2.05) is 56.3 Å². The van der Waals surface area contributed by atoms with Gasteiger partial charge in [0.2, 0.25) is 11.5 Å². The van der Waals surface area contributed by atoms with Crippen LogP contribution in [0.3, 0.4) is 0 Å². The summed E-state index contributed by atoms with van der Waals surface area (Å²) in [5, 5.41) is 0.162. The molecule has 2 heterocycles. The van der Waals surface area contributed by atoms with E-state index in [9.17, 15) is 13.2 Å². The summed E-state index contributed by atoms with van der Waals surface area (Å²) >= 11 is 6.42. The molecular weight excluding hydrogens is 500 g/mol. The van der Waals surface area contributed by atoms with E-state index in [0.717, 1.165) is 15.1 Å². The number of likely N-dealkylation sites (N-methyl/N-ethyl adjacent to an activating group) is 1. The van der Waals surface area contributed by atoms with E-state index in [4.69, 9.17) is 20.8 Å². The van der Waals surface area contributed by atoms with Gasteiger partial charge in [-0.25, -0.2) is 12.4 Å². The van der Waals surface area contributed by atoms with E-state index in [2.05, 4.69) is 0 Å². The molecule has 0 N–H and O–H groups in total. The summed E-state index contributed by atoms with van der Waals surface area (Å²) in [4.78, 5) is 15.5. The van der Waals surface area contributed by atoms with Crippen LogP contribution in [0.25, 0.3) is 11.5 Å². The Labute approximate surface area is 215 Å². The number of aryl methyl sites for hydroxylation is 1. The molecule has 7 nitrogen and oxygen atoms in total. The molecule has 0 aliphatic carbocycles. The summed E-state index contributed by atoms with van der Waals surface area (Å²) in [6.45, 7) is 1.88. The van der Waals surface area contributed by atoms with Crippen LogP contribution in [0.1, 0.15) is 21.7 Å². The molecule has 0 saturated heterocycles. The number of ether oxygens (including phenoxy) is 1. The number of hydrogen-bond donors (Lipinski definition) is 0. The molecule has 1 unspecified atom stereocenters. The highest BCUT2D eigenvalue weighted by atomic mass is 35.5. The fraction of sp³-hybridized carbons (Fsp3) is 0.222. The Morgan fingerprint density at radius 1 is 1.08 bits per heavy atom. The minimum absolute atomic E-state index is 0.00122. The average Bonchev–Trinajstić information content (AvgIpc) is 3.46. The van der Waals surface area contributed by atoms with Crippen molar-refractivity contribution in [2.75, 3.05) is 21.2 Å². The van der Waals surface area contributed by atoms with Crippen molar-refractivity contribution >= 4 is 27.4 Å². The maximum Gasteiger partial charge on any atom is 0.268 e. The number of Topliss-reactive ketones (excluding diaryl/α,β-unsaturated/α-hetero) is 1. The minimum Gasteiger partial charge on any atom is -0.493 e. The van der Waals surface area contributed by atoms with Gasteiger partial charge < -0.3 is 9.15 Å². The van der Waals surface area contributed by atoms with Crippen LogP contribution in [0, 0.1) is 6.92 Å². The molecule has 9 heteroatoms. The Balaban J connectivity index is 1.76. The number of methoxy groups -OCH3 is 1. The molecule has 4 rings (SSSR count). The second kappa shape index (κ2) is 10.3. The third-order valence-corrected chi connectivity index (χ3v) is 7.95. The van der Waals surface area contributed by atoms with Crippen LogP contribution >= 0.6 is 11.6 Å². The average molecular weight is 527 g/mol. The molecule has 0 saturated carbocycles. The number of furan rings is 1. The summed E-state index contributed by atoms with van der Waals surface area (Å²) in [5.74, 6) is 0.0193. The molecule has 0 aliphatic rings. The van der Waals surface area contributed by atoms with Gasteiger partial charge in [0, 0.05) is 12.3 Å². The number of benzene rings is 2. The lowest BCUT2D eigenvalue weighted by molar-refractivity contribution is 0.0842. The Morgan fingerprint density at radius 3 is 2.36 bits per heavy atom. The van der Waals surface area contributed by atoms with Crippen molar-refractivity contribution in [3.8, 4) is 17.2 Å². The summed E-state index contributed by atoms with van der Waals surface area (Å²) in [6, 6.07) is 18.6. The van der Waals surface area contributed by atoms with Crippen molar-refractivity contribution in [3.63, 3.8) is 0 Å². The van der Waals surface area contributed by atoms with Crippen molar-refractivity contribution in [2.45, 2.75) is 24.3 Å². The molecule has 1 atom stereocenters. The molecular formula is C27H27ClN2O5S. The van der Waals surface area contributed by atoms with Gasteiger partial charge in [-0.2, -0.15) is 0 Å². The number of carbonyl (C=O) groups excluding carboxylic acids is 1. The zero-order valence-corrected chi connectivity index (χ0v) is 22.0. The fourth-order valence-electron chi connectivity index (χ4n) is 3.96. The standard InChI is InChI=1S/C27H27ClN2O5S/c1-18-10-12-20(13-11-18)36(32,33)30-15-14-21(28)25(30)23-17-24(34-4)27(35-23)26(31)22(29(2)3)16-19-8-6-5-7-9-19/h5-15,17,22H,16H2,1-4H3. The monoisotopic (exact) mass is 526 g/mol. The van der Waals surface area contributed by atoms with E-state index < -0.39 is 16.1 Å². The lowest BCUT2D eigenvalue weighted by Gasteiger charge is -2.22. The van der Waals surface area contributed by atoms with Gasteiger partial charge in [-0.05, 0) is 51.2 Å². The van der Waals surface area contributed by atoms with Crippen LogP contribution in [-0.2, 0) is 16.4 Å². The lowest BCUT2D eigenvalue weighted by Crippen LogP contribution is -2.37. The molecule has 0 aliphatic heterocycles. The first-order valence-corrected chi connectivity index (χ1v) is 13.1. The van der Waals surface area contributed by atoms with Gasteiger partial charge >= 0.3 is 0 Å². The number of halogens is 1. The molecule has 0 amide bonds. The zero-order valence-electron chi connectivity index (χ0n) is 20.4. The highest BCUT2D eigenvalue weighted by Crippen LogP contribution is 2.38. The van der Waals surface area contributed by atoms with Crippen molar-refractivity contribution in [1.29, 1.82) is 0 Å². The zero-order chi connectivity index (χ0) is 26.0. The predicted molar refractivity (Wildman–Crippen MR) is 139 cm³/mol. The Kier molecular flexibility index (Phi) is 7.40. The first-order chi connectivity index (χ1) is 17.1. The summed E-state index contributed by atoms with van der Waals surface area (Å²) in [7, 11) is 1.09. The molecule has 188 valence electrons. The molecule has 4 aromatic rings. The number of ketones is 1. The predicted octanol–water partition coefficient (Wildman–Crippen LogP) is 5.31. The van der Waals surface area contributed by atoms with E-state index >= 15 is 0 Å². The molecule has 0 radical (unpaired) electrons. The van der Waals surface area contributed by atoms with Crippen LogP contribution in [0.2, 0.25) is 5.02 Å². The van der Waals surface area contributed by atoms with Crippen molar-refractivity contribution < 1.29 is 22.4 Å². The quantitative estimate of drug-likeness (QED) is 0.275. The van der Waals surface area contributed by atoms with Gasteiger partial charge in [0.25, 0.3) is 10.0 Å². The normalized spacial score (nSPS) is 12.6. The SMILES string of the molecule is COc1cc(-c2c(Cl)ccn2S(=O)(=O)c2ccc(C)cc2)oc1C(=O)C(Cc1ccccc1)N(C)C. The van der Waals surface area contributed by atoms with E-state index in [1.54, 1.807) is 12.1 Å². The second-order valence-corrected chi connectivity index (χ2v) is 10.9. The summed E-state index contributed by atoms with van der Waals surface area (Å²) in [6.07, 6.45) is 1.83. The van der Waals surface area contributed by atoms with Crippen LogP contribution in [-0.4, -0.2) is 50.3 Å². The minimum atomic E-state index is -3.98. The van der Waals surface area contributed by atoms with Crippen LogP contribution in [0.15, 0.2) is 82.2 Å². The molecule has 0 spiro atoms. The summed E-state index contributed by atoms with van der Waals surface area (Å²) < 4.78 is 39.3. The van der Waals surface area contributed by atoms with Crippen molar-refractivity contribution in [2.24, 2.45) is 0 Å². The third-order valence-electron chi connectivity index (χ3n) is 5.95. The fourth-order valence-corrected chi connectivity index (χ4v) is 5.60. The van der Waals surface area contributed by atoms with Crippen molar-refractivity contribution in [1.82, 2.24) is 8.87 Å². The highest BCUT2D eigenvalue weighted by molar-refractivity contribution is 7.90. The van der Waals surface area contributed by atoms with Crippen LogP contribution in [0.4, 0.5) is 0 Å². The molecule has 2 aromatic carbocycles. The van der Waals surface area contributed by atoms with Gasteiger partial charge in [-0.15, -0.1) is 0 Å². The molecule has 2 aromatic heterocycles. The Morgan fingerprint density at radius 2 is 1.75 bits per heavy atom. The number of carbonyl (C=O) groups is 1. The number of rotatable bonds is 9. The van der Waals surface area contributed by atoms with Gasteiger partial charge in [0.05, 0.1) is 23.1 Å².